The smallest absolute Gasteiger partial charge is 0.171 e. The van der Waals surface area contributed by atoms with E-state index in [1.165, 1.54) is 5.56 Å². The molecule has 3 aromatic rings. The van der Waals surface area contributed by atoms with Crippen LogP contribution in [0.15, 0.2) is 60.8 Å². The molecule has 0 radical (unpaired) electrons. The second kappa shape index (κ2) is 8.51. The summed E-state index contributed by atoms with van der Waals surface area (Å²) in [6.07, 6.45) is 1.69. The van der Waals surface area contributed by atoms with Crippen LogP contribution in [-0.2, 0) is 6.54 Å². The zero-order valence-electron chi connectivity index (χ0n) is 16.8. The van der Waals surface area contributed by atoms with Gasteiger partial charge in [-0.25, -0.2) is 0 Å². The average Bonchev–Trinajstić information content (AvgIpc) is 2.73. The number of ether oxygens (including phenoxy) is 2. The molecule has 1 aromatic heterocycles. The largest absolute Gasteiger partial charge is 0.486 e. The second-order valence-electron chi connectivity index (χ2n) is 7.41. The van der Waals surface area contributed by atoms with Crippen molar-refractivity contribution in [1.29, 1.82) is 0 Å². The normalized spacial score (nSPS) is 15.4. The lowest BCUT2D eigenvalue weighted by Crippen LogP contribution is -2.35. The molecule has 0 aliphatic carbocycles. The number of nitrogens with zero attached hydrogens (tertiary/aromatic N) is 2. The molecule has 1 unspecified atom stereocenters. The Bertz CT molecular complexity index is 973. The van der Waals surface area contributed by atoms with Crippen molar-refractivity contribution < 1.29 is 9.47 Å². The lowest BCUT2D eigenvalue weighted by molar-refractivity contribution is 0.0976. The molecule has 0 bridgehead atoms. The zero-order chi connectivity index (χ0) is 20.2. The first-order chi connectivity index (χ1) is 14.1. The lowest BCUT2D eigenvalue weighted by Gasteiger charge is -2.27. The van der Waals surface area contributed by atoms with Crippen molar-refractivity contribution in [3.05, 3.63) is 66.4 Å². The summed E-state index contributed by atoms with van der Waals surface area (Å²) in [5, 5.41) is 3.42. The molecule has 1 atom stereocenters. The van der Waals surface area contributed by atoms with Crippen molar-refractivity contribution in [3.8, 4) is 22.8 Å². The summed E-state index contributed by atoms with van der Waals surface area (Å²) >= 11 is 0. The van der Waals surface area contributed by atoms with E-state index in [1.54, 1.807) is 0 Å². The molecular formula is C23H26N4O2. The summed E-state index contributed by atoms with van der Waals surface area (Å²) in [5.41, 5.74) is 10.7. The molecular weight excluding hydrogens is 364 g/mol. The number of nitrogens with one attached hydrogen (secondary N) is 1. The monoisotopic (exact) mass is 390 g/mol. The van der Waals surface area contributed by atoms with Gasteiger partial charge in [0.15, 0.2) is 11.5 Å². The predicted molar refractivity (Wildman–Crippen MR) is 116 cm³/mol. The van der Waals surface area contributed by atoms with Crippen LogP contribution in [0.3, 0.4) is 0 Å². The first-order valence-corrected chi connectivity index (χ1v) is 9.72. The van der Waals surface area contributed by atoms with Crippen molar-refractivity contribution in [1.82, 2.24) is 9.88 Å². The highest BCUT2D eigenvalue weighted by molar-refractivity contribution is 5.73. The number of nitrogens with two attached hydrogens (primary N) is 1. The standard InChI is InChI=1S/C23H26N4O2/c1-27(2)14-16-5-3-6-17(11-16)26-18-9-10-21(25-13-18)20-7-4-8-22-23(20)29-19(12-24)15-28-22/h3-11,13,19,26H,12,14-15,24H2,1-2H3. The van der Waals surface area contributed by atoms with Crippen LogP contribution in [0.4, 0.5) is 11.4 Å². The van der Waals surface area contributed by atoms with E-state index in [2.05, 4.69) is 53.6 Å². The van der Waals surface area contributed by atoms with Gasteiger partial charge in [-0.3, -0.25) is 4.98 Å². The van der Waals surface area contributed by atoms with Gasteiger partial charge in [-0.05, 0) is 56.1 Å². The average molecular weight is 390 g/mol. The van der Waals surface area contributed by atoms with Crippen LogP contribution >= 0.6 is 0 Å². The summed E-state index contributed by atoms with van der Waals surface area (Å²) < 4.78 is 11.8. The zero-order valence-corrected chi connectivity index (χ0v) is 16.8. The van der Waals surface area contributed by atoms with Crippen LogP contribution in [0.25, 0.3) is 11.3 Å². The summed E-state index contributed by atoms with van der Waals surface area (Å²) in [7, 11) is 4.13. The van der Waals surface area contributed by atoms with Crippen LogP contribution < -0.4 is 20.5 Å². The van der Waals surface area contributed by atoms with E-state index in [0.717, 1.165) is 34.9 Å². The summed E-state index contributed by atoms with van der Waals surface area (Å²) in [5.74, 6) is 1.44. The summed E-state index contributed by atoms with van der Waals surface area (Å²) in [6.45, 7) is 1.78. The van der Waals surface area contributed by atoms with Crippen LogP contribution in [0.2, 0.25) is 0 Å². The highest BCUT2D eigenvalue weighted by Crippen LogP contribution is 2.40. The Kier molecular flexibility index (Phi) is 5.64. The Morgan fingerprint density at radius 3 is 2.72 bits per heavy atom. The molecule has 2 aromatic carbocycles. The van der Waals surface area contributed by atoms with Crippen molar-refractivity contribution in [2.75, 3.05) is 32.6 Å². The fourth-order valence-electron chi connectivity index (χ4n) is 3.36. The molecule has 0 spiro atoms. The van der Waals surface area contributed by atoms with E-state index in [9.17, 15) is 0 Å². The molecule has 0 fully saturated rings. The number of fused-ring (bicyclic) bond motifs is 1. The number of hydrogen-bond donors (Lipinski definition) is 2. The third kappa shape index (κ3) is 4.50. The number of hydrogen-bond acceptors (Lipinski definition) is 6. The maximum absolute atomic E-state index is 6.03. The third-order valence-corrected chi connectivity index (χ3v) is 4.70. The lowest BCUT2D eigenvalue weighted by atomic mass is 10.1. The minimum Gasteiger partial charge on any atom is -0.486 e. The van der Waals surface area contributed by atoms with Crippen LogP contribution in [-0.4, -0.2) is 43.2 Å². The molecule has 6 nitrogen and oxygen atoms in total. The molecule has 3 N–H and O–H groups in total. The molecule has 2 heterocycles. The Labute approximate surface area is 171 Å². The van der Waals surface area contributed by atoms with Crippen LogP contribution in [0.5, 0.6) is 11.5 Å². The molecule has 6 heteroatoms. The summed E-state index contributed by atoms with van der Waals surface area (Å²) in [4.78, 5) is 6.79. The SMILES string of the molecule is CN(C)Cc1cccc(Nc2ccc(-c3cccc4c3OC(CN)CO4)nc2)c1. The number of aromatic nitrogens is 1. The third-order valence-electron chi connectivity index (χ3n) is 4.70. The van der Waals surface area contributed by atoms with Gasteiger partial charge < -0.3 is 25.4 Å². The molecule has 0 saturated carbocycles. The van der Waals surface area contributed by atoms with E-state index in [1.807, 2.05) is 36.5 Å². The van der Waals surface area contributed by atoms with Gasteiger partial charge in [-0.2, -0.15) is 0 Å². The first kappa shape index (κ1) is 19.2. The van der Waals surface area contributed by atoms with E-state index < -0.39 is 0 Å². The van der Waals surface area contributed by atoms with Gasteiger partial charge in [0, 0.05) is 24.3 Å². The molecule has 1 aliphatic rings. The number of para-hydroxylation sites is 1. The number of benzene rings is 2. The minimum atomic E-state index is -0.140. The topological polar surface area (TPSA) is 72.6 Å². The van der Waals surface area contributed by atoms with E-state index in [4.69, 9.17) is 15.2 Å². The van der Waals surface area contributed by atoms with Crippen LogP contribution in [0, 0.1) is 0 Å². The van der Waals surface area contributed by atoms with Gasteiger partial charge in [0.05, 0.1) is 17.6 Å². The highest BCUT2D eigenvalue weighted by atomic mass is 16.6. The first-order valence-electron chi connectivity index (χ1n) is 9.72. The summed E-state index contributed by atoms with van der Waals surface area (Å²) in [6, 6.07) is 18.2. The highest BCUT2D eigenvalue weighted by Gasteiger charge is 2.23. The van der Waals surface area contributed by atoms with Crippen molar-refractivity contribution in [2.45, 2.75) is 12.6 Å². The molecule has 29 heavy (non-hydrogen) atoms. The van der Waals surface area contributed by atoms with Gasteiger partial charge in [-0.1, -0.05) is 18.2 Å². The van der Waals surface area contributed by atoms with Crippen molar-refractivity contribution in [2.24, 2.45) is 5.73 Å². The number of anilines is 2. The van der Waals surface area contributed by atoms with E-state index in [0.29, 0.717) is 18.9 Å². The minimum absolute atomic E-state index is 0.140. The molecule has 150 valence electrons. The molecule has 0 amide bonds. The Morgan fingerprint density at radius 2 is 1.97 bits per heavy atom. The van der Waals surface area contributed by atoms with Crippen molar-refractivity contribution >= 4 is 11.4 Å². The van der Waals surface area contributed by atoms with Gasteiger partial charge in [0.25, 0.3) is 0 Å². The van der Waals surface area contributed by atoms with Gasteiger partial charge in [0.2, 0.25) is 0 Å². The van der Waals surface area contributed by atoms with Gasteiger partial charge in [-0.15, -0.1) is 0 Å². The number of rotatable bonds is 6. The maximum atomic E-state index is 6.03. The fourth-order valence-corrected chi connectivity index (χ4v) is 3.36. The Morgan fingerprint density at radius 1 is 1.10 bits per heavy atom. The maximum Gasteiger partial charge on any atom is 0.171 e. The molecule has 4 rings (SSSR count). The van der Waals surface area contributed by atoms with Crippen molar-refractivity contribution in [3.63, 3.8) is 0 Å². The molecule has 1 aliphatic heterocycles. The fraction of sp³-hybridized carbons (Fsp3) is 0.261. The quantitative estimate of drug-likeness (QED) is 0.669. The Balaban J connectivity index is 1.54. The Hall–Kier alpha value is -3.09. The van der Waals surface area contributed by atoms with Gasteiger partial charge >= 0.3 is 0 Å². The predicted octanol–water partition coefficient (Wildman–Crippen LogP) is 3.65. The van der Waals surface area contributed by atoms with E-state index in [-0.39, 0.29) is 6.10 Å². The van der Waals surface area contributed by atoms with Crippen LogP contribution in [0.1, 0.15) is 5.56 Å². The van der Waals surface area contributed by atoms with E-state index >= 15 is 0 Å². The molecule has 0 saturated heterocycles. The number of pyridine rings is 1. The van der Waals surface area contributed by atoms with Gasteiger partial charge in [0.1, 0.15) is 12.7 Å². The second-order valence-corrected chi connectivity index (χ2v) is 7.41.